The van der Waals surface area contributed by atoms with Crippen molar-refractivity contribution in [1.29, 1.82) is 0 Å². The number of benzene rings is 2. The van der Waals surface area contributed by atoms with Gasteiger partial charge >= 0.3 is 5.97 Å². The van der Waals surface area contributed by atoms with Gasteiger partial charge in [0, 0.05) is 12.5 Å². The third-order valence-corrected chi connectivity index (χ3v) is 2.53. The second-order valence-corrected chi connectivity index (χ2v) is 3.79. The Morgan fingerprint density at radius 2 is 1.94 bits per heavy atom. The van der Waals surface area contributed by atoms with E-state index in [4.69, 9.17) is 4.74 Å². The molecule has 3 heteroatoms. The standard InChI is InChI=1S/C15H12O3/c1-11(17)18-15-9-8-12-5-2-3-6-13(12)14(15)7-4-10-16/h2-10H,1H3. The summed E-state index contributed by atoms with van der Waals surface area (Å²) in [6.45, 7) is 1.35. The van der Waals surface area contributed by atoms with Crippen molar-refractivity contribution in [2.24, 2.45) is 0 Å². The molecule has 0 atom stereocenters. The maximum absolute atomic E-state index is 11.1. The second kappa shape index (κ2) is 5.27. The van der Waals surface area contributed by atoms with Crippen LogP contribution in [0.1, 0.15) is 12.5 Å². The summed E-state index contributed by atoms with van der Waals surface area (Å²) in [6, 6.07) is 11.3. The van der Waals surface area contributed by atoms with Gasteiger partial charge in [-0.3, -0.25) is 9.59 Å². The molecule has 0 aliphatic rings. The van der Waals surface area contributed by atoms with Gasteiger partial charge in [-0.1, -0.05) is 30.3 Å². The summed E-state index contributed by atoms with van der Waals surface area (Å²) in [7, 11) is 0. The highest BCUT2D eigenvalue weighted by molar-refractivity contribution is 5.95. The lowest BCUT2D eigenvalue weighted by atomic mass is 10.0. The normalized spacial score (nSPS) is 10.7. The van der Waals surface area contributed by atoms with Gasteiger partial charge in [-0.25, -0.2) is 0 Å². The Morgan fingerprint density at radius 1 is 1.17 bits per heavy atom. The largest absolute Gasteiger partial charge is 0.426 e. The smallest absolute Gasteiger partial charge is 0.308 e. The summed E-state index contributed by atoms with van der Waals surface area (Å²) in [5, 5.41) is 1.97. The van der Waals surface area contributed by atoms with E-state index in [9.17, 15) is 9.59 Å². The minimum Gasteiger partial charge on any atom is -0.426 e. The van der Waals surface area contributed by atoms with Crippen molar-refractivity contribution in [2.75, 3.05) is 0 Å². The first-order valence-electron chi connectivity index (χ1n) is 5.54. The first kappa shape index (κ1) is 12.0. The Balaban J connectivity index is 2.66. The summed E-state index contributed by atoms with van der Waals surface area (Å²) in [5.74, 6) is 0.0744. The van der Waals surface area contributed by atoms with E-state index in [-0.39, 0.29) is 5.97 Å². The molecule has 2 rings (SSSR count). The number of hydrogen-bond acceptors (Lipinski definition) is 3. The molecule has 90 valence electrons. The maximum atomic E-state index is 11.1. The molecule has 2 aromatic carbocycles. The van der Waals surface area contributed by atoms with Crippen molar-refractivity contribution in [3.05, 3.63) is 48.0 Å². The zero-order valence-electron chi connectivity index (χ0n) is 9.92. The monoisotopic (exact) mass is 240 g/mol. The quantitative estimate of drug-likeness (QED) is 0.358. The predicted molar refractivity (Wildman–Crippen MR) is 70.4 cm³/mol. The van der Waals surface area contributed by atoms with Crippen LogP contribution in [-0.2, 0) is 9.59 Å². The van der Waals surface area contributed by atoms with Crippen molar-refractivity contribution in [2.45, 2.75) is 6.92 Å². The molecule has 18 heavy (non-hydrogen) atoms. The summed E-state index contributed by atoms with van der Waals surface area (Å²) in [6.07, 6.45) is 3.72. The topological polar surface area (TPSA) is 43.4 Å². The van der Waals surface area contributed by atoms with Gasteiger partial charge in [0.1, 0.15) is 12.0 Å². The van der Waals surface area contributed by atoms with E-state index in [1.807, 2.05) is 30.3 Å². The fourth-order valence-electron chi connectivity index (χ4n) is 1.83. The second-order valence-electron chi connectivity index (χ2n) is 3.79. The number of esters is 1. The average molecular weight is 240 g/mol. The van der Waals surface area contributed by atoms with Crippen molar-refractivity contribution in [1.82, 2.24) is 0 Å². The number of ether oxygens (including phenoxy) is 1. The molecule has 0 amide bonds. The van der Waals surface area contributed by atoms with Crippen LogP contribution < -0.4 is 4.74 Å². The fourth-order valence-corrected chi connectivity index (χ4v) is 1.83. The van der Waals surface area contributed by atoms with Crippen LogP contribution in [0, 0.1) is 0 Å². The highest BCUT2D eigenvalue weighted by Crippen LogP contribution is 2.29. The Morgan fingerprint density at radius 3 is 2.67 bits per heavy atom. The highest BCUT2D eigenvalue weighted by Gasteiger charge is 2.07. The first-order valence-corrected chi connectivity index (χ1v) is 5.54. The molecule has 0 saturated heterocycles. The van der Waals surface area contributed by atoms with E-state index in [0.29, 0.717) is 12.0 Å². The third-order valence-electron chi connectivity index (χ3n) is 2.53. The van der Waals surface area contributed by atoms with Gasteiger partial charge in [0.05, 0.1) is 0 Å². The molecule has 3 nitrogen and oxygen atoms in total. The zero-order chi connectivity index (χ0) is 13.0. The lowest BCUT2D eigenvalue weighted by Crippen LogP contribution is -2.02. The molecule has 0 saturated carbocycles. The summed E-state index contributed by atoms with van der Waals surface area (Å²) in [5.41, 5.74) is 0.732. The fraction of sp³-hybridized carbons (Fsp3) is 0.0667. The van der Waals surface area contributed by atoms with Crippen LogP contribution in [-0.4, -0.2) is 12.3 Å². The molecule has 2 aromatic rings. The van der Waals surface area contributed by atoms with Crippen LogP contribution in [0.3, 0.4) is 0 Å². The Hall–Kier alpha value is -2.42. The highest BCUT2D eigenvalue weighted by atomic mass is 16.5. The molecule has 0 fully saturated rings. The third kappa shape index (κ3) is 2.46. The van der Waals surface area contributed by atoms with Crippen LogP contribution in [0.15, 0.2) is 42.5 Å². The van der Waals surface area contributed by atoms with E-state index in [1.54, 1.807) is 12.1 Å². The van der Waals surface area contributed by atoms with Crippen LogP contribution >= 0.6 is 0 Å². The minimum atomic E-state index is -0.383. The molecule has 0 unspecified atom stereocenters. The number of rotatable bonds is 3. The lowest BCUT2D eigenvalue weighted by molar-refractivity contribution is -0.131. The average Bonchev–Trinajstić information content (AvgIpc) is 2.37. The van der Waals surface area contributed by atoms with Crippen LogP contribution in [0.5, 0.6) is 5.75 Å². The van der Waals surface area contributed by atoms with Crippen LogP contribution in [0.25, 0.3) is 16.8 Å². The van der Waals surface area contributed by atoms with E-state index < -0.39 is 0 Å². The molecule has 0 bridgehead atoms. The van der Waals surface area contributed by atoms with Crippen LogP contribution in [0.4, 0.5) is 0 Å². The van der Waals surface area contributed by atoms with Gasteiger partial charge in [-0.2, -0.15) is 0 Å². The van der Waals surface area contributed by atoms with Crippen molar-refractivity contribution in [3.63, 3.8) is 0 Å². The number of carbonyl (C=O) groups excluding carboxylic acids is 2. The predicted octanol–water partition coefficient (Wildman–Crippen LogP) is 2.98. The number of aldehydes is 1. The Labute approximate surface area is 105 Å². The number of hydrogen-bond donors (Lipinski definition) is 0. The summed E-state index contributed by atoms with van der Waals surface area (Å²) >= 11 is 0. The van der Waals surface area contributed by atoms with Gasteiger partial charge < -0.3 is 4.74 Å². The summed E-state index contributed by atoms with van der Waals surface area (Å²) < 4.78 is 5.14. The molecule has 0 aliphatic heterocycles. The molecule has 0 aromatic heterocycles. The van der Waals surface area contributed by atoms with Crippen molar-refractivity contribution >= 4 is 29.1 Å². The van der Waals surface area contributed by atoms with E-state index >= 15 is 0 Å². The molecule has 0 N–H and O–H groups in total. The van der Waals surface area contributed by atoms with Crippen molar-refractivity contribution < 1.29 is 14.3 Å². The van der Waals surface area contributed by atoms with Gasteiger partial charge in [0.25, 0.3) is 0 Å². The molecular formula is C15H12O3. The lowest BCUT2D eigenvalue weighted by Gasteiger charge is -2.09. The van der Waals surface area contributed by atoms with Gasteiger partial charge in [0.2, 0.25) is 0 Å². The Bertz CT molecular complexity index is 627. The van der Waals surface area contributed by atoms with Crippen LogP contribution in [0.2, 0.25) is 0 Å². The number of allylic oxidation sites excluding steroid dienone is 1. The number of carbonyl (C=O) groups is 2. The minimum absolute atomic E-state index is 0.383. The number of fused-ring (bicyclic) bond motifs is 1. The first-order chi connectivity index (χ1) is 8.72. The van der Waals surface area contributed by atoms with E-state index in [1.165, 1.54) is 13.0 Å². The van der Waals surface area contributed by atoms with E-state index in [2.05, 4.69) is 0 Å². The zero-order valence-corrected chi connectivity index (χ0v) is 9.92. The molecule has 0 radical (unpaired) electrons. The molecule has 0 heterocycles. The Kier molecular flexibility index (Phi) is 3.53. The van der Waals surface area contributed by atoms with Gasteiger partial charge in [-0.05, 0) is 29.0 Å². The maximum Gasteiger partial charge on any atom is 0.308 e. The molecule has 0 spiro atoms. The molecule has 0 aliphatic carbocycles. The summed E-state index contributed by atoms with van der Waals surface area (Å²) in [4.78, 5) is 21.5. The van der Waals surface area contributed by atoms with Gasteiger partial charge in [0.15, 0.2) is 0 Å². The SMILES string of the molecule is CC(=O)Oc1ccc2ccccc2c1C=CC=O. The molecular weight excluding hydrogens is 228 g/mol. The van der Waals surface area contributed by atoms with Crippen molar-refractivity contribution in [3.8, 4) is 5.75 Å². The van der Waals surface area contributed by atoms with Gasteiger partial charge in [-0.15, -0.1) is 0 Å². The van der Waals surface area contributed by atoms with E-state index in [0.717, 1.165) is 16.3 Å².